The van der Waals surface area contributed by atoms with Crippen molar-refractivity contribution in [2.75, 3.05) is 6.61 Å². The monoisotopic (exact) mass is 409 g/mol. The van der Waals surface area contributed by atoms with Gasteiger partial charge < -0.3 is 4.74 Å². The van der Waals surface area contributed by atoms with E-state index < -0.39 is 0 Å². The second kappa shape index (κ2) is 15.0. The third kappa shape index (κ3) is 9.32. The maximum atomic E-state index is 5.93. The maximum absolute atomic E-state index is 5.93. The van der Waals surface area contributed by atoms with Gasteiger partial charge in [0.25, 0.3) is 0 Å². The van der Waals surface area contributed by atoms with Crippen molar-refractivity contribution in [1.82, 2.24) is 4.98 Å². The van der Waals surface area contributed by atoms with E-state index in [1.54, 1.807) is 0 Å². The van der Waals surface area contributed by atoms with Crippen LogP contribution in [0.5, 0.6) is 5.75 Å². The zero-order chi connectivity index (χ0) is 21.4. The van der Waals surface area contributed by atoms with Gasteiger partial charge in [-0.2, -0.15) is 0 Å². The van der Waals surface area contributed by atoms with Crippen LogP contribution in [0.4, 0.5) is 0 Å². The van der Waals surface area contributed by atoms with Crippen LogP contribution in [0.15, 0.2) is 42.6 Å². The summed E-state index contributed by atoms with van der Waals surface area (Å²) in [4.78, 5) is 4.74. The van der Waals surface area contributed by atoms with Crippen LogP contribution in [-0.4, -0.2) is 11.6 Å². The molecule has 1 atom stereocenters. The number of pyridine rings is 1. The van der Waals surface area contributed by atoms with Crippen molar-refractivity contribution in [2.45, 2.75) is 104 Å². The molecule has 0 fully saturated rings. The van der Waals surface area contributed by atoms with Gasteiger partial charge in [0, 0.05) is 17.8 Å². The lowest BCUT2D eigenvalue weighted by Gasteiger charge is -2.13. The van der Waals surface area contributed by atoms with Crippen molar-refractivity contribution in [3.8, 4) is 5.75 Å². The Kier molecular flexibility index (Phi) is 12.3. The number of nitrogens with zero attached hydrogens (tertiary/aromatic N) is 1. The lowest BCUT2D eigenvalue weighted by molar-refractivity contribution is 0.304. The number of benzene rings is 1. The number of aromatic nitrogens is 1. The first-order valence-electron chi connectivity index (χ1n) is 12.4. The minimum absolute atomic E-state index is 0.302. The molecule has 2 rings (SSSR count). The molecule has 1 aromatic carbocycles. The predicted octanol–water partition coefficient (Wildman–Crippen LogP) is 8.49. The van der Waals surface area contributed by atoms with Crippen molar-refractivity contribution >= 4 is 0 Å². The Morgan fingerprint density at radius 3 is 2.00 bits per heavy atom. The molecule has 0 N–H and O–H groups in total. The molecule has 0 bridgehead atoms. The van der Waals surface area contributed by atoms with E-state index >= 15 is 0 Å². The summed E-state index contributed by atoms with van der Waals surface area (Å²) in [6.45, 7) is 7.58. The van der Waals surface area contributed by atoms with Crippen molar-refractivity contribution < 1.29 is 4.74 Å². The highest BCUT2D eigenvalue weighted by Gasteiger charge is 2.10. The molecule has 2 heteroatoms. The van der Waals surface area contributed by atoms with Gasteiger partial charge in [0.2, 0.25) is 0 Å². The van der Waals surface area contributed by atoms with Crippen molar-refractivity contribution in [2.24, 2.45) is 0 Å². The SMILES string of the molecule is CCCCCCCCCOc1ccc(C(C)c2ccc(CCCCCC)cn2)cc1. The normalized spacial score (nSPS) is 12.1. The third-order valence-electron chi connectivity index (χ3n) is 6.01. The molecule has 166 valence electrons. The fourth-order valence-corrected chi connectivity index (χ4v) is 3.87. The summed E-state index contributed by atoms with van der Waals surface area (Å²) in [6.07, 6.45) is 17.6. The molecule has 1 heterocycles. The lowest BCUT2D eigenvalue weighted by Crippen LogP contribution is -2.01. The molecule has 0 radical (unpaired) electrons. The summed E-state index contributed by atoms with van der Waals surface area (Å²) in [6, 6.07) is 13.0. The predicted molar refractivity (Wildman–Crippen MR) is 130 cm³/mol. The summed E-state index contributed by atoms with van der Waals surface area (Å²) in [5.41, 5.74) is 3.79. The Balaban J connectivity index is 1.72. The Morgan fingerprint density at radius 2 is 1.37 bits per heavy atom. The van der Waals surface area contributed by atoms with E-state index in [1.807, 2.05) is 0 Å². The number of hydrogen-bond donors (Lipinski definition) is 0. The van der Waals surface area contributed by atoms with Gasteiger partial charge >= 0.3 is 0 Å². The molecular weight excluding hydrogens is 366 g/mol. The lowest BCUT2D eigenvalue weighted by atomic mass is 9.96. The molecule has 30 heavy (non-hydrogen) atoms. The molecular formula is C28H43NO. The van der Waals surface area contributed by atoms with Crippen molar-refractivity contribution in [3.63, 3.8) is 0 Å². The second-order valence-electron chi connectivity index (χ2n) is 8.66. The van der Waals surface area contributed by atoms with E-state index in [0.29, 0.717) is 5.92 Å². The van der Waals surface area contributed by atoms with E-state index in [9.17, 15) is 0 Å². The molecule has 0 saturated carbocycles. The van der Waals surface area contributed by atoms with Crippen molar-refractivity contribution in [3.05, 3.63) is 59.4 Å². The molecule has 2 nitrogen and oxygen atoms in total. The number of rotatable bonds is 16. The molecule has 0 aliphatic rings. The van der Waals surface area contributed by atoms with E-state index in [1.165, 1.54) is 75.3 Å². The molecule has 1 aromatic heterocycles. The van der Waals surface area contributed by atoms with Gasteiger partial charge in [0.1, 0.15) is 5.75 Å². The summed E-state index contributed by atoms with van der Waals surface area (Å²) >= 11 is 0. The third-order valence-corrected chi connectivity index (χ3v) is 6.01. The first kappa shape index (κ1) is 24.4. The van der Waals surface area contributed by atoms with Crippen LogP contribution in [0, 0.1) is 0 Å². The standard InChI is InChI=1S/C28H43NO/c1-4-6-8-10-11-12-14-22-30-27-19-17-26(18-20-27)24(3)28-21-16-25(23-29-28)15-13-9-7-5-2/h16-21,23-24H,4-15,22H2,1-3H3. The summed E-state index contributed by atoms with van der Waals surface area (Å²) in [5, 5.41) is 0. The maximum Gasteiger partial charge on any atom is 0.119 e. The Morgan fingerprint density at radius 1 is 0.733 bits per heavy atom. The van der Waals surface area contributed by atoms with Gasteiger partial charge in [0.15, 0.2) is 0 Å². The molecule has 2 aromatic rings. The van der Waals surface area contributed by atoms with Crippen LogP contribution in [-0.2, 0) is 6.42 Å². The van der Waals surface area contributed by atoms with Crippen LogP contribution in [0.3, 0.4) is 0 Å². The minimum atomic E-state index is 0.302. The van der Waals surface area contributed by atoms with Crippen LogP contribution in [0.1, 0.15) is 114 Å². The molecule has 0 aliphatic carbocycles. The summed E-state index contributed by atoms with van der Waals surface area (Å²) < 4.78 is 5.93. The highest BCUT2D eigenvalue weighted by molar-refractivity contribution is 5.33. The number of hydrogen-bond acceptors (Lipinski definition) is 2. The highest BCUT2D eigenvalue weighted by atomic mass is 16.5. The highest BCUT2D eigenvalue weighted by Crippen LogP contribution is 2.25. The fraction of sp³-hybridized carbons (Fsp3) is 0.607. The zero-order valence-electron chi connectivity index (χ0n) is 19.7. The Labute approximate surface area is 185 Å². The second-order valence-corrected chi connectivity index (χ2v) is 8.66. The Hall–Kier alpha value is -1.83. The Bertz CT molecular complexity index is 662. The van der Waals surface area contributed by atoms with Gasteiger partial charge in [-0.25, -0.2) is 0 Å². The first-order valence-corrected chi connectivity index (χ1v) is 12.4. The van der Waals surface area contributed by atoms with Crippen LogP contribution >= 0.6 is 0 Å². The minimum Gasteiger partial charge on any atom is -0.494 e. The van der Waals surface area contributed by atoms with Crippen LogP contribution in [0.25, 0.3) is 0 Å². The van der Waals surface area contributed by atoms with Crippen molar-refractivity contribution in [1.29, 1.82) is 0 Å². The van der Waals surface area contributed by atoms with E-state index in [-0.39, 0.29) is 0 Å². The largest absolute Gasteiger partial charge is 0.494 e. The quantitative estimate of drug-likeness (QED) is 0.259. The smallest absolute Gasteiger partial charge is 0.119 e. The molecule has 1 unspecified atom stereocenters. The fourth-order valence-electron chi connectivity index (χ4n) is 3.87. The molecule has 0 amide bonds. The molecule has 0 spiro atoms. The topological polar surface area (TPSA) is 22.1 Å². The number of ether oxygens (including phenoxy) is 1. The van der Waals surface area contributed by atoms with Crippen LogP contribution < -0.4 is 4.74 Å². The number of aryl methyl sites for hydroxylation is 1. The molecule has 0 saturated heterocycles. The number of unbranched alkanes of at least 4 members (excludes halogenated alkanes) is 9. The zero-order valence-corrected chi connectivity index (χ0v) is 19.7. The average molecular weight is 410 g/mol. The summed E-state index contributed by atoms with van der Waals surface area (Å²) in [5.74, 6) is 1.28. The molecule has 0 aliphatic heterocycles. The average Bonchev–Trinajstić information content (AvgIpc) is 2.79. The van der Waals surface area contributed by atoms with Gasteiger partial charge in [-0.3, -0.25) is 4.98 Å². The van der Waals surface area contributed by atoms with Gasteiger partial charge in [-0.1, -0.05) is 96.8 Å². The first-order chi connectivity index (χ1) is 14.7. The van der Waals surface area contributed by atoms with E-state index in [0.717, 1.165) is 30.9 Å². The van der Waals surface area contributed by atoms with Gasteiger partial charge in [0.05, 0.1) is 6.61 Å². The van der Waals surface area contributed by atoms with Crippen LogP contribution in [0.2, 0.25) is 0 Å². The summed E-state index contributed by atoms with van der Waals surface area (Å²) in [7, 11) is 0. The van der Waals surface area contributed by atoms with E-state index in [2.05, 4.69) is 63.4 Å². The van der Waals surface area contributed by atoms with Gasteiger partial charge in [-0.15, -0.1) is 0 Å². The van der Waals surface area contributed by atoms with Gasteiger partial charge in [-0.05, 0) is 48.6 Å². The van der Waals surface area contributed by atoms with E-state index in [4.69, 9.17) is 9.72 Å².